The maximum absolute atomic E-state index is 12.4. The van der Waals surface area contributed by atoms with Crippen LogP contribution in [0.3, 0.4) is 0 Å². The molecule has 1 heterocycles. The molecule has 1 saturated heterocycles. The molecular formula is C13H17N3O3S. The van der Waals surface area contributed by atoms with Gasteiger partial charge in [0.15, 0.2) is 0 Å². The van der Waals surface area contributed by atoms with E-state index in [4.69, 9.17) is 15.7 Å². The Kier molecular flexibility index (Phi) is 4.73. The van der Waals surface area contributed by atoms with Gasteiger partial charge in [-0.3, -0.25) is 0 Å². The SMILES string of the molecule is N#Cc1cccc(CS(=O)(=O)N2CCO[C@H](CN)C2)c1. The monoisotopic (exact) mass is 295 g/mol. The number of nitriles is 1. The average molecular weight is 295 g/mol. The van der Waals surface area contributed by atoms with Crippen molar-refractivity contribution in [1.82, 2.24) is 4.31 Å². The molecule has 1 aromatic rings. The summed E-state index contributed by atoms with van der Waals surface area (Å²) < 4.78 is 31.5. The zero-order valence-electron chi connectivity index (χ0n) is 11.0. The third-order valence-corrected chi connectivity index (χ3v) is 4.98. The van der Waals surface area contributed by atoms with Gasteiger partial charge in [0.2, 0.25) is 10.0 Å². The first-order chi connectivity index (χ1) is 9.55. The van der Waals surface area contributed by atoms with E-state index in [0.717, 1.165) is 0 Å². The van der Waals surface area contributed by atoms with Crippen LogP contribution in [0, 0.1) is 11.3 Å². The molecule has 2 rings (SSSR count). The van der Waals surface area contributed by atoms with Crippen molar-refractivity contribution in [3.63, 3.8) is 0 Å². The Hall–Kier alpha value is -1.46. The van der Waals surface area contributed by atoms with Gasteiger partial charge >= 0.3 is 0 Å². The van der Waals surface area contributed by atoms with Gasteiger partial charge in [0.1, 0.15) is 0 Å². The lowest BCUT2D eigenvalue weighted by Crippen LogP contribution is -2.48. The molecule has 0 amide bonds. The molecule has 1 aliphatic rings. The van der Waals surface area contributed by atoms with Gasteiger partial charge in [0, 0.05) is 19.6 Å². The molecule has 0 bridgehead atoms. The van der Waals surface area contributed by atoms with Crippen molar-refractivity contribution in [2.75, 3.05) is 26.2 Å². The average Bonchev–Trinajstić information content (AvgIpc) is 2.47. The lowest BCUT2D eigenvalue weighted by molar-refractivity contribution is 0.00446. The second kappa shape index (κ2) is 6.33. The van der Waals surface area contributed by atoms with Gasteiger partial charge < -0.3 is 10.5 Å². The Morgan fingerprint density at radius 3 is 3.00 bits per heavy atom. The number of nitrogens with two attached hydrogens (primary N) is 1. The van der Waals surface area contributed by atoms with Crippen LogP contribution in [-0.4, -0.2) is 45.1 Å². The Morgan fingerprint density at radius 2 is 2.30 bits per heavy atom. The molecule has 0 spiro atoms. The van der Waals surface area contributed by atoms with Crippen LogP contribution in [0.5, 0.6) is 0 Å². The predicted octanol–water partition coefficient (Wildman–Crippen LogP) is 0.0476. The standard InChI is InChI=1S/C13H17N3O3S/c14-7-11-2-1-3-12(6-11)10-20(17,18)16-4-5-19-13(8-15)9-16/h1-3,6,13H,4-5,8-10,15H2/t13-/m1/s1. The quantitative estimate of drug-likeness (QED) is 0.846. The number of sulfonamides is 1. The van der Waals surface area contributed by atoms with E-state index in [0.29, 0.717) is 30.8 Å². The molecule has 1 aromatic carbocycles. The van der Waals surface area contributed by atoms with Crippen molar-refractivity contribution in [2.24, 2.45) is 5.73 Å². The Balaban J connectivity index is 2.12. The summed E-state index contributed by atoms with van der Waals surface area (Å²) in [5.41, 5.74) is 6.59. The van der Waals surface area contributed by atoms with Crippen molar-refractivity contribution in [2.45, 2.75) is 11.9 Å². The second-order valence-electron chi connectivity index (χ2n) is 4.65. The number of hydrogen-bond donors (Lipinski definition) is 1. The molecule has 0 unspecified atom stereocenters. The summed E-state index contributed by atoms with van der Waals surface area (Å²) >= 11 is 0. The molecule has 1 atom stereocenters. The fourth-order valence-electron chi connectivity index (χ4n) is 2.12. The number of ether oxygens (including phenoxy) is 1. The van der Waals surface area contributed by atoms with Gasteiger partial charge in [-0.1, -0.05) is 12.1 Å². The van der Waals surface area contributed by atoms with Gasteiger partial charge in [0.25, 0.3) is 0 Å². The first-order valence-corrected chi connectivity index (χ1v) is 7.94. The summed E-state index contributed by atoms with van der Waals surface area (Å²) in [4.78, 5) is 0. The van der Waals surface area contributed by atoms with E-state index in [2.05, 4.69) is 0 Å². The summed E-state index contributed by atoms with van der Waals surface area (Å²) in [5, 5.41) is 8.84. The summed E-state index contributed by atoms with van der Waals surface area (Å²) in [6.07, 6.45) is -0.246. The molecule has 2 N–H and O–H groups in total. The molecule has 1 aliphatic heterocycles. The molecule has 0 aliphatic carbocycles. The van der Waals surface area contributed by atoms with Crippen LogP contribution in [0.25, 0.3) is 0 Å². The van der Waals surface area contributed by atoms with Gasteiger partial charge in [-0.05, 0) is 17.7 Å². The highest BCUT2D eigenvalue weighted by Crippen LogP contribution is 2.15. The van der Waals surface area contributed by atoms with Crippen LogP contribution in [0.15, 0.2) is 24.3 Å². The van der Waals surface area contributed by atoms with Gasteiger partial charge in [0.05, 0.1) is 30.1 Å². The van der Waals surface area contributed by atoms with Crippen LogP contribution in [-0.2, 0) is 20.5 Å². The van der Waals surface area contributed by atoms with Crippen molar-refractivity contribution in [3.8, 4) is 6.07 Å². The van der Waals surface area contributed by atoms with E-state index < -0.39 is 10.0 Å². The lowest BCUT2D eigenvalue weighted by atomic mass is 10.2. The van der Waals surface area contributed by atoms with E-state index >= 15 is 0 Å². The van der Waals surface area contributed by atoms with Gasteiger partial charge in [-0.25, -0.2) is 8.42 Å². The molecule has 108 valence electrons. The van der Waals surface area contributed by atoms with Crippen LogP contribution in [0.1, 0.15) is 11.1 Å². The molecule has 20 heavy (non-hydrogen) atoms. The normalized spacial score (nSPS) is 20.5. The van der Waals surface area contributed by atoms with E-state index in [9.17, 15) is 8.42 Å². The van der Waals surface area contributed by atoms with Gasteiger partial charge in [-0.15, -0.1) is 0 Å². The third kappa shape index (κ3) is 3.55. The van der Waals surface area contributed by atoms with Crippen molar-refractivity contribution < 1.29 is 13.2 Å². The number of morpholine rings is 1. The molecule has 0 aromatic heterocycles. The summed E-state index contributed by atoms with van der Waals surface area (Å²) in [6.45, 7) is 1.29. The number of hydrogen-bond acceptors (Lipinski definition) is 5. The minimum Gasteiger partial charge on any atom is -0.374 e. The van der Waals surface area contributed by atoms with Crippen molar-refractivity contribution in [1.29, 1.82) is 5.26 Å². The number of benzene rings is 1. The molecule has 6 nitrogen and oxygen atoms in total. The maximum atomic E-state index is 12.4. The predicted molar refractivity (Wildman–Crippen MR) is 74.1 cm³/mol. The highest BCUT2D eigenvalue weighted by Gasteiger charge is 2.28. The van der Waals surface area contributed by atoms with E-state index in [1.54, 1.807) is 24.3 Å². The first kappa shape index (κ1) is 14.9. The lowest BCUT2D eigenvalue weighted by Gasteiger charge is -2.31. The summed E-state index contributed by atoms with van der Waals surface area (Å²) in [6, 6.07) is 8.64. The zero-order chi connectivity index (χ0) is 14.6. The van der Waals surface area contributed by atoms with Crippen LogP contribution < -0.4 is 5.73 Å². The van der Waals surface area contributed by atoms with Crippen molar-refractivity contribution in [3.05, 3.63) is 35.4 Å². The van der Waals surface area contributed by atoms with Crippen LogP contribution in [0.4, 0.5) is 0 Å². The Bertz CT molecular complexity index is 610. The van der Waals surface area contributed by atoms with Crippen LogP contribution >= 0.6 is 0 Å². The first-order valence-electron chi connectivity index (χ1n) is 6.33. The largest absolute Gasteiger partial charge is 0.374 e. The molecule has 7 heteroatoms. The fraction of sp³-hybridized carbons (Fsp3) is 0.462. The minimum absolute atomic E-state index is 0.111. The third-order valence-electron chi connectivity index (χ3n) is 3.16. The Morgan fingerprint density at radius 1 is 1.50 bits per heavy atom. The van der Waals surface area contributed by atoms with E-state index in [-0.39, 0.29) is 18.4 Å². The van der Waals surface area contributed by atoms with Crippen molar-refractivity contribution >= 4 is 10.0 Å². The highest BCUT2D eigenvalue weighted by atomic mass is 32.2. The highest BCUT2D eigenvalue weighted by molar-refractivity contribution is 7.88. The topological polar surface area (TPSA) is 96.4 Å². The van der Waals surface area contributed by atoms with Crippen LogP contribution in [0.2, 0.25) is 0 Å². The number of rotatable bonds is 4. The second-order valence-corrected chi connectivity index (χ2v) is 6.62. The summed E-state index contributed by atoms with van der Waals surface area (Å²) in [7, 11) is -3.42. The fourth-order valence-corrected chi connectivity index (χ4v) is 3.65. The molecule has 0 radical (unpaired) electrons. The Labute approximate surface area is 118 Å². The van der Waals surface area contributed by atoms with E-state index in [1.807, 2.05) is 6.07 Å². The smallest absolute Gasteiger partial charge is 0.218 e. The maximum Gasteiger partial charge on any atom is 0.218 e. The zero-order valence-corrected chi connectivity index (χ0v) is 11.8. The number of nitrogens with zero attached hydrogens (tertiary/aromatic N) is 2. The molecule has 0 saturated carbocycles. The molecule has 1 fully saturated rings. The van der Waals surface area contributed by atoms with Gasteiger partial charge in [-0.2, -0.15) is 9.57 Å². The minimum atomic E-state index is -3.42. The van der Waals surface area contributed by atoms with E-state index in [1.165, 1.54) is 4.31 Å². The molecular weight excluding hydrogens is 278 g/mol. The summed E-state index contributed by atoms with van der Waals surface area (Å²) in [5.74, 6) is -0.111.